The average Bonchev–Trinajstić information content (AvgIpc) is 3.58. The maximum atomic E-state index is 12.6. The van der Waals surface area contributed by atoms with Crippen molar-refractivity contribution in [1.82, 2.24) is 20.0 Å². The number of benzene rings is 2. The number of hydrogen-bond donors (Lipinski definition) is 1. The van der Waals surface area contributed by atoms with E-state index in [4.69, 9.17) is 14.0 Å². The lowest BCUT2D eigenvalue weighted by atomic mass is 10.1. The second-order valence-corrected chi connectivity index (χ2v) is 8.01. The number of rotatable bonds is 8. The molecule has 0 aliphatic carbocycles. The molecule has 1 aliphatic rings. The summed E-state index contributed by atoms with van der Waals surface area (Å²) in [6.45, 7) is 2.39. The standard InChI is InChI=1S/C25H24N4O4/c1-17(9-10-18-6-3-2-4-7-18)26-23(30)15-29-13-5-8-20(29)25-27-24(28-33-25)19-11-12-21-22(14-19)32-16-31-21/h2-8,11-14,17H,9-10,15-16H2,1H3,(H,26,30). The lowest BCUT2D eigenvalue weighted by molar-refractivity contribution is -0.122. The Bertz CT molecular complexity index is 1250. The molecule has 8 heteroatoms. The zero-order chi connectivity index (χ0) is 22.6. The highest BCUT2D eigenvalue weighted by Crippen LogP contribution is 2.35. The Morgan fingerprint density at radius 2 is 1.94 bits per heavy atom. The molecule has 0 saturated heterocycles. The highest BCUT2D eigenvalue weighted by Gasteiger charge is 2.19. The number of amides is 1. The van der Waals surface area contributed by atoms with Crippen LogP contribution in [0.1, 0.15) is 18.9 Å². The summed E-state index contributed by atoms with van der Waals surface area (Å²) in [6.07, 6.45) is 3.62. The van der Waals surface area contributed by atoms with Crippen LogP contribution >= 0.6 is 0 Å². The smallest absolute Gasteiger partial charge is 0.274 e. The monoisotopic (exact) mass is 444 g/mol. The van der Waals surface area contributed by atoms with Crippen molar-refractivity contribution < 1.29 is 18.8 Å². The summed E-state index contributed by atoms with van der Waals surface area (Å²) in [4.78, 5) is 17.1. The Morgan fingerprint density at radius 1 is 1.09 bits per heavy atom. The first kappa shape index (κ1) is 20.8. The van der Waals surface area contributed by atoms with Gasteiger partial charge in [-0.1, -0.05) is 35.5 Å². The van der Waals surface area contributed by atoms with Crippen LogP contribution in [0.3, 0.4) is 0 Å². The fourth-order valence-corrected chi connectivity index (χ4v) is 3.80. The Hall–Kier alpha value is -4.07. The van der Waals surface area contributed by atoms with E-state index in [9.17, 15) is 4.79 Å². The SMILES string of the molecule is CC(CCc1ccccc1)NC(=O)Cn1cccc1-c1nc(-c2ccc3c(c2)OCO3)no1. The third kappa shape index (κ3) is 4.74. The molecule has 4 aromatic rings. The van der Waals surface area contributed by atoms with E-state index in [1.807, 2.05) is 61.7 Å². The van der Waals surface area contributed by atoms with Gasteiger partial charge in [-0.15, -0.1) is 0 Å². The van der Waals surface area contributed by atoms with E-state index < -0.39 is 0 Å². The highest BCUT2D eigenvalue weighted by atomic mass is 16.7. The summed E-state index contributed by atoms with van der Waals surface area (Å²) in [7, 11) is 0. The zero-order valence-electron chi connectivity index (χ0n) is 18.2. The van der Waals surface area contributed by atoms with E-state index in [0.29, 0.717) is 28.9 Å². The molecule has 2 aromatic carbocycles. The van der Waals surface area contributed by atoms with E-state index in [2.05, 4.69) is 27.6 Å². The summed E-state index contributed by atoms with van der Waals surface area (Å²) < 4.78 is 18.1. The molecule has 5 rings (SSSR count). The molecule has 0 bridgehead atoms. The van der Waals surface area contributed by atoms with E-state index in [-0.39, 0.29) is 25.3 Å². The largest absolute Gasteiger partial charge is 0.454 e. The average molecular weight is 444 g/mol. The summed E-state index contributed by atoms with van der Waals surface area (Å²) in [5.74, 6) is 2.07. The van der Waals surface area contributed by atoms with E-state index in [1.54, 1.807) is 4.57 Å². The molecule has 1 atom stereocenters. The fraction of sp³-hybridized carbons (Fsp3) is 0.240. The van der Waals surface area contributed by atoms with Crippen molar-refractivity contribution in [1.29, 1.82) is 0 Å². The molecule has 3 heterocycles. The first-order chi connectivity index (χ1) is 16.2. The third-order valence-corrected chi connectivity index (χ3v) is 5.54. The van der Waals surface area contributed by atoms with Gasteiger partial charge in [0.1, 0.15) is 12.2 Å². The van der Waals surface area contributed by atoms with Crippen LogP contribution in [-0.2, 0) is 17.8 Å². The number of nitrogens with zero attached hydrogens (tertiary/aromatic N) is 3. The topological polar surface area (TPSA) is 91.4 Å². The lowest BCUT2D eigenvalue weighted by Gasteiger charge is -2.15. The number of carbonyl (C=O) groups is 1. The van der Waals surface area contributed by atoms with Crippen LogP contribution in [0.5, 0.6) is 11.5 Å². The number of fused-ring (bicyclic) bond motifs is 1. The summed E-state index contributed by atoms with van der Waals surface area (Å²) in [6, 6.07) is 19.5. The predicted molar refractivity (Wildman–Crippen MR) is 122 cm³/mol. The van der Waals surface area contributed by atoms with Crippen molar-refractivity contribution in [2.75, 3.05) is 6.79 Å². The number of carbonyl (C=O) groups excluding carboxylic acids is 1. The summed E-state index contributed by atoms with van der Waals surface area (Å²) in [5, 5.41) is 7.16. The molecule has 1 unspecified atom stereocenters. The molecule has 0 fully saturated rings. The van der Waals surface area contributed by atoms with Crippen molar-refractivity contribution >= 4 is 5.91 Å². The van der Waals surface area contributed by atoms with Gasteiger partial charge in [-0.3, -0.25) is 4.79 Å². The molecule has 33 heavy (non-hydrogen) atoms. The van der Waals surface area contributed by atoms with Crippen LogP contribution < -0.4 is 14.8 Å². The van der Waals surface area contributed by atoms with Crippen LogP contribution in [0.2, 0.25) is 0 Å². The van der Waals surface area contributed by atoms with Crippen molar-refractivity contribution in [3.63, 3.8) is 0 Å². The van der Waals surface area contributed by atoms with Gasteiger partial charge < -0.3 is 23.9 Å². The Morgan fingerprint density at radius 3 is 2.82 bits per heavy atom. The molecular weight excluding hydrogens is 420 g/mol. The van der Waals surface area contributed by atoms with Gasteiger partial charge in [0.05, 0.1) is 0 Å². The minimum Gasteiger partial charge on any atom is -0.454 e. The second kappa shape index (κ2) is 9.20. The molecule has 1 amide bonds. The Balaban J connectivity index is 1.22. The molecule has 0 spiro atoms. The first-order valence-corrected chi connectivity index (χ1v) is 10.9. The van der Waals surface area contributed by atoms with Crippen LogP contribution in [0, 0.1) is 0 Å². The van der Waals surface area contributed by atoms with E-state index >= 15 is 0 Å². The maximum absolute atomic E-state index is 12.6. The summed E-state index contributed by atoms with van der Waals surface area (Å²) >= 11 is 0. The Labute approximate surface area is 191 Å². The van der Waals surface area contributed by atoms with Gasteiger partial charge in [0.2, 0.25) is 18.5 Å². The predicted octanol–water partition coefficient (Wildman–Crippen LogP) is 4.07. The van der Waals surface area contributed by atoms with Crippen LogP contribution in [0.15, 0.2) is 71.4 Å². The van der Waals surface area contributed by atoms with Gasteiger partial charge in [0, 0.05) is 17.8 Å². The first-order valence-electron chi connectivity index (χ1n) is 10.9. The highest BCUT2D eigenvalue weighted by molar-refractivity contribution is 5.76. The second-order valence-electron chi connectivity index (χ2n) is 8.01. The number of ether oxygens (including phenoxy) is 2. The van der Waals surface area contributed by atoms with E-state index in [0.717, 1.165) is 18.4 Å². The van der Waals surface area contributed by atoms with Gasteiger partial charge in [-0.05, 0) is 55.7 Å². The number of aromatic nitrogens is 3. The van der Waals surface area contributed by atoms with Gasteiger partial charge in [0.15, 0.2) is 11.5 Å². The van der Waals surface area contributed by atoms with Crippen LogP contribution in [0.25, 0.3) is 23.0 Å². The van der Waals surface area contributed by atoms with E-state index in [1.165, 1.54) is 5.56 Å². The minimum absolute atomic E-state index is 0.0662. The number of aryl methyl sites for hydroxylation is 1. The normalized spacial score (nSPS) is 13.1. The van der Waals surface area contributed by atoms with Gasteiger partial charge in [-0.25, -0.2) is 0 Å². The van der Waals surface area contributed by atoms with Crippen molar-refractivity contribution in [3.05, 3.63) is 72.4 Å². The van der Waals surface area contributed by atoms with Crippen molar-refractivity contribution in [2.45, 2.75) is 32.4 Å². The molecule has 2 aromatic heterocycles. The number of hydrogen-bond acceptors (Lipinski definition) is 6. The quantitative estimate of drug-likeness (QED) is 0.441. The molecule has 0 saturated carbocycles. The zero-order valence-corrected chi connectivity index (χ0v) is 18.2. The molecule has 168 valence electrons. The third-order valence-electron chi connectivity index (χ3n) is 5.54. The molecule has 0 radical (unpaired) electrons. The fourth-order valence-electron chi connectivity index (χ4n) is 3.80. The van der Waals surface area contributed by atoms with Gasteiger partial charge in [-0.2, -0.15) is 4.98 Å². The molecule has 1 aliphatic heterocycles. The van der Waals surface area contributed by atoms with Crippen LogP contribution in [-0.4, -0.2) is 33.4 Å². The minimum atomic E-state index is -0.0662. The van der Waals surface area contributed by atoms with Crippen molar-refractivity contribution in [2.24, 2.45) is 0 Å². The maximum Gasteiger partial charge on any atom is 0.274 e. The van der Waals surface area contributed by atoms with Gasteiger partial charge >= 0.3 is 0 Å². The molecule has 8 nitrogen and oxygen atoms in total. The summed E-state index contributed by atoms with van der Waals surface area (Å²) in [5.41, 5.74) is 2.71. The Kier molecular flexibility index (Phi) is 5.80. The molecular formula is C25H24N4O4. The number of nitrogens with one attached hydrogen (secondary N) is 1. The van der Waals surface area contributed by atoms with Gasteiger partial charge in [0.25, 0.3) is 5.89 Å². The molecule has 1 N–H and O–H groups in total. The van der Waals surface area contributed by atoms with Crippen molar-refractivity contribution in [3.8, 4) is 34.5 Å². The lowest BCUT2D eigenvalue weighted by Crippen LogP contribution is -2.35. The van der Waals surface area contributed by atoms with Crippen LogP contribution in [0.4, 0.5) is 0 Å².